The fourth-order valence-electron chi connectivity index (χ4n) is 0.929. The Balaban J connectivity index is 2.96. The van der Waals surface area contributed by atoms with E-state index in [1.165, 1.54) is 6.92 Å². The van der Waals surface area contributed by atoms with E-state index >= 15 is 0 Å². The van der Waals surface area contributed by atoms with Crippen LogP contribution >= 0.6 is 0 Å². The van der Waals surface area contributed by atoms with Crippen molar-refractivity contribution in [1.82, 2.24) is 10.3 Å². The van der Waals surface area contributed by atoms with Gasteiger partial charge in [0.2, 0.25) is 11.7 Å². The lowest BCUT2D eigenvalue weighted by Gasteiger charge is -2.14. The van der Waals surface area contributed by atoms with Crippen LogP contribution in [0.5, 0.6) is 0 Å². The van der Waals surface area contributed by atoms with Crippen molar-refractivity contribution in [3.8, 4) is 0 Å². The van der Waals surface area contributed by atoms with Gasteiger partial charge in [-0.15, -0.1) is 0 Å². The Morgan fingerprint density at radius 1 is 1.38 bits per heavy atom. The summed E-state index contributed by atoms with van der Waals surface area (Å²) in [5.74, 6) is 0.223. The van der Waals surface area contributed by atoms with Gasteiger partial charge in [0.1, 0.15) is 5.69 Å². The SMILES string of the molecule is CC(=O)Nc1nonc1C(C)(C)C. The quantitative estimate of drug-likeness (QED) is 0.713. The van der Waals surface area contributed by atoms with E-state index in [2.05, 4.69) is 20.3 Å². The molecule has 0 fully saturated rings. The first-order chi connectivity index (χ1) is 5.91. The molecule has 0 bridgehead atoms. The second-order valence-electron chi connectivity index (χ2n) is 3.89. The van der Waals surface area contributed by atoms with Crippen LogP contribution in [0.1, 0.15) is 33.4 Å². The highest BCUT2D eigenvalue weighted by atomic mass is 16.6. The zero-order valence-corrected chi connectivity index (χ0v) is 8.21. The minimum absolute atomic E-state index is 0.179. The molecule has 1 aromatic rings. The molecule has 0 saturated heterocycles. The summed E-state index contributed by atoms with van der Waals surface area (Å²) in [6.45, 7) is 7.33. The normalized spacial score (nSPS) is 11.4. The van der Waals surface area contributed by atoms with E-state index in [-0.39, 0.29) is 11.3 Å². The monoisotopic (exact) mass is 183 g/mol. The number of nitrogens with one attached hydrogen (secondary N) is 1. The maximum Gasteiger partial charge on any atom is 0.222 e. The van der Waals surface area contributed by atoms with Gasteiger partial charge in [0, 0.05) is 12.3 Å². The standard InChI is InChI=1S/C8H13N3O2/c1-5(12)9-7-6(8(2,3)4)10-13-11-7/h1-4H3,(H,9,11,12). The van der Waals surface area contributed by atoms with Crippen molar-refractivity contribution < 1.29 is 9.42 Å². The van der Waals surface area contributed by atoms with Crippen LogP contribution in [-0.2, 0) is 10.2 Å². The van der Waals surface area contributed by atoms with Crippen molar-refractivity contribution in [3.05, 3.63) is 5.69 Å². The topological polar surface area (TPSA) is 68.0 Å². The Labute approximate surface area is 76.5 Å². The van der Waals surface area contributed by atoms with Gasteiger partial charge >= 0.3 is 0 Å². The minimum atomic E-state index is -0.183. The van der Waals surface area contributed by atoms with Crippen LogP contribution in [-0.4, -0.2) is 16.2 Å². The average Bonchev–Trinajstić information content (AvgIpc) is 2.31. The number of anilines is 1. The smallest absolute Gasteiger partial charge is 0.222 e. The lowest BCUT2D eigenvalue weighted by molar-refractivity contribution is -0.114. The molecule has 0 spiro atoms. The van der Waals surface area contributed by atoms with Crippen molar-refractivity contribution >= 4 is 11.7 Å². The van der Waals surface area contributed by atoms with E-state index in [9.17, 15) is 4.79 Å². The van der Waals surface area contributed by atoms with Crippen LogP contribution in [0.25, 0.3) is 0 Å². The third-order valence-corrected chi connectivity index (χ3v) is 1.49. The maximum absolute atomic E-state index is 10.8. The zero-order chi connectivity index (χ0) is 10.1. The van der Waals surface area contributed by atoms with Crippen LogP contribution < -0.4 is 5.32 Å². The lowest BCUT2D eigenvalue weighted by Crippen LogP contribution is -2.16. The molecule has 1 rings (SSSR count). The van der Waals surface area contributed by atoms with Crippen LogP contribution in [0.15, 0.2) is 4.63 Å². The van der Waals surface area contributed by atoms with E-state index in [0.717, 1.165) is 0 Å². The highest BCUT2D eigenvalue weighted by Crippen LogP contribution is 2.25. The number of carbonyl (C=O) groups excluding carboxylic acids is 1. The van der Waals surface area contributed by atoms with Crippen LogP contribution in [0.2, 0.25) is 0 Å². The summed E-state index contributed by atoms with van der Waals surface area (Å²) in [6, 6.07) is 0. The van der Waals surface area contributed by atoms with E-state index in [0.29, 0.717) is 11.5 Å². The first-order valence-corrected chi connectivity index (χ1v) is 4.02. The molecule has 5 nitrogen and oxygen atoms in total. The van der Waals surface area contributed by atoms with Gasteiger partial charge in [0.15, 0.2) is 0 Å². The van der Waals surface area contributed by atoms with Crippen molar-refractivity contribution in [1.29, 1.82) is 0 Å². The van der Waals surface area contributed by atoms with Crippen molar-refractivity contribution in [3.63, 3.8) is 0 Å². The van der Waals surface area contributed by atoms with E-state index in [4.69, 9.17) is 0 Å². The maximum atomic E-state index is 10.8. The van der Waals surface area contributed by atoms with Gasteiger partial charge in [-0.2, -0.15) is 0 Å². The third kappa shape index (κ3) is 2.27. The number of aromatic nitrogens is 2. The molecule has 13 heavy (non-hydrogen) atoms. The Morgan fingerprint density at radius 3 is 2.46 bits per heavy atom. The predicted octanol–water partition coefficient (Wildman–Crippen LogP) is 1.33. The molecule has 72 valence electrons. The van der Waals surface area contributed by atoms with Crippen molar-refractivity contribution in [2.24, 2.45) is 0 Å². The molecule has 0 atom stereocenters. The molecule has 0 aliphatic rings. The molecule has 1 N–H and O–H groups in total. The largest absolute Gasteiger partial charge is 0.306 e. The molecule has 0 aliphatic carbocycles. The Morgan fingerprint density at radius 2 is 2.00 bits per heavy atom. The summed E-state index contributed by atoms with van der Waals surface area (Å²) in [7, 11) is 0. The van der Waals surface area contributed by atoms with Crippen molar-refractivity contribution in [2.75, 3.05) is 5.32 Å². The molecular weight excluding hydrogens is 170 g/mol. The average molecular weight is 183 g/mol. The number of hydrogen-bond donors (Lipinski definition) is 1. The molecule has 0 aliphatic heterocycles. The molecular formula is C8H13N3O2. The fraction of sp³-hybridized carbons (Fsp3) is 0.625. The Kier molecular flexibility index (Phi) is 2.36. The Bertz CT molecular complexity index is 311. The third-order valence-electron chi connectivity index (χ3n) is 1.49. The van der Waals surface area contributed by atoms with Gasteiger partial charge in [0.25, 0.3) is 0 Å². The molecule has 0 unspecified atom stereocenters. The van der Waals surface area contributed by atoms with Gasteiger partial charge in [-0.1, -0.05) is 25.9 Å². The first kappa shape index (κ1) is 9.70. The minimum Gasteiger partial charge on any atom is -0.306 e. The summed E-state index contributed by atoms with van der Waals surface area (Å²) in [4.78, 5) is 10.8. The van der Waals surface area contributed by atoms with E-state index < -0.39 is 0 Å². The molecule has 1 heterocycles. The second kappa shape index (κ2) is 3.16. The summed E-state index contributed by atoms with van der Waals surface area (Å²) in [6.07, 6.45) is 0. The van der Waals surface area contributed by atoms with Gasteiger partial charge in [-0.3, -0.25) is 4.79 Å². The first-order valence-electron chi connectivity index (χ1n) is 4.02. The van der Waals surface area contributed by atoms with E-state index in [1.807, 2.05) is 20.8 Å². The van der Waals surface area contributed by atoms with Crippen LogP contribution in [0, 0.1) is 0 Å². The van der Waals surface area contributed by atoms with Gasteiger partial charge in [0.05, 0.1) is 0 Å². The number of hydrogen-bond acceptors (Lipinski definition) is 4. The summed E-state index contributed by atoms with van der Waals surface area (Å²) >= 11 is 0. The van der Waals surface area contributed by atoms with Gasteiger partial charge in [-0.05, 0) is 5.16 Å². The molecule has 1 aromatic heterocycles. The Hall–Kier alpha value is -1.39. The summed E-state index contributed by atoms with van der Waals surface area (Å²) in [5.41, 5.74) is 0.473. The zero-order valence-electron chi connectivity index (χ0n) is 8.21. The van der Waals surface area contributed by atoms with Crippen molar-refractivity contribution in [2.45, 2.75) is 33.1 Å². The highest BCUT2D eigenvalue weighted by molar-refractivity contribution is 5.88. The summed E-state index contributed by atoms with van der Waals surface area (Å²) < 4.78 is 4.56. The number of rotatable bonds is 1. The molecule has 0 saturated carbocycles. The lowest BCUT2D eigenvalue weighted by atomic mass is 9.92. The van der Waals surface area contributed by atoms with E-state index in [1.54, 1.807) is 0 Å². The summed E-state index contributed by atoms with van der Waals surface area (Å²) in [5, 5.41) is 9.90. The molecule has 1 amide bonds. The van der Waals surface area contributed by atoms with Gasteiger partial charge < -0.3 is 5.32 Å². The molecule has 0 radical (unpaired) electrons. The van der Waals surface area contributed by atoms with Crippen LogP contribution in [0.4, 0.5) is 5.82 Å². The number of amides is 1. The number of nitrogens with zero attached hydrogens (tertiary/aromatic N) is 2. The number of carbonyl (C=O) groups is 1. The predicted molar refractivity (Wildman–Crippen MR) is 47.3 cm³/mol. The van der Waals surface area contributed by atoms with Gasteiger partial charge in [-0.25, -0.2) is 4.63 Å². The highest BCUT2D eigenvalue weighted by Gasteiger charge is 2.24. The van der Waals surface area contributed by atoms with Crippen LogP contribution in [0.3, 0.4) is 0 Å². The molecule has 0 aromatic carbocycles. The second-order valence-corrected chi connectivity index (χ2v) is 3.89. The molecule has 5 heteroatoms. The fourth-order valence-corrected chi connectivity index (χ4v) is 0.929.